The number of aryl methyl sites for hydroxylation is 1. The standard InChI is InChI=1S/C22H19NO/c1-23-20-13-7-5-11-18(20)15-21(23)19-12-6-8-14-22(19)24-16-17-9-3-2-4-10-17/h2-15H,16H2,1H3. The molecule has 0 amide bonds. The van der Waals surface area contributed by atoms with Gasteiger partial charge in [0.25, 0.3) is 0 Å². The molecular formula is C22H19NO. The van der Waals surface area contributed by atoms with Crippen molar-refractivity contribution in [3.05, 3.63) is 90.5 Å². The molecular weight excluding hydrogens is 294 g/mol. The van der Waals surface area contributed by atoms with E-state index in [-0.39, 0.29) is 0 Å². The van der Waals surface area contributed by atoms with Gasteiger partial charge < -0.3 is 9.30 Å². The van der Waals surface area contributed by atoms with Crippen LogP contribution >= 0.6 is 0 Å². The van der Waals surface area contributed by atoms with Crippen LogP contribution in [0.4, 0.5) is 0 Å². The number of hydrogen-bond donors (Lipinski definition) is 0. The molecule has 0 aliphatic heterocycles. The molecule has 0 fully saturated rings. The van der Waals surface area contributed by atoms with E-state index in [1.807, 2.05) is 30.3 Å². The van der Waals surface area contributed by atoms with Crippen LogP contribution in [0.15, 0.2) is 84.9 Å². The van der Waals surface area contributed by atoms with E-state index in [4.69, 9.17) is 4.74 Å². The van der Waals surface area contributed by atoms with Crippen LogP contribution in [0, 0.1) is 0 Å². The molecule has 0 saturated carbocycles. The van der Waals surface area contributed by atoms with E-state index in [1.54, 1.807) is 0 Å². The molecule has 4 aromatic rings. The lowest BCUT2D eigenvalue weighted by Gasteiger charge is -2.12. The van der Waals surface area contributed by atoms with Crippen molar-refractivity contribution in [3.63, 3.8) is 0 Å². The number of para-hydroxylation sites is 2. The predicted octanol–water partition coefficient (Wildman–Crippen LogP) is 5.42. The van der Waals surface area contributed by atoms with Crippen LogP contribution in [-0.4, -0.2) is 4.57 Å². The van der Waals surface area contributed by atoms with Gasteiger partial charge in [0.15, 0.2) is 0 Å². The fraction of sp³-hybridized carbons (Fsp3) is 0.0909. The summed E-state index contributed by atoms with van der Waals surface area (Å²) in [4.78, 5) is 0. The minimum Gasteiger partial charge on any atom is -0.488 e. The third kappa shape index (κ3) is 2.67. The molecule has 0 spiro atoms. The van der Waals surface area contributed by atoms with Crippen molar-refractivity contribution < 1.29 is 4.74 Å². The number of rotatable bonds is 4. The van der Waals surface area contributed by atoms with Gasteiger partial charge in [0, 0.05) is 23.5 Å². The summed E-state index contributed by atoms with van der Waals surface area (Å²) in [7, 11) is 2.10. The zero-order valence-corrected chi connectivity index (χ0v) is 13.6. The van der Waals surface area contributed by atoms with Crippen molar-refractivity contribution in [3.8, 4) is 17.0 Å². The fourth-order valence-corrected chi connectivity index (χ4v) is 3.09. The van der Waals surface area contributed by atoms with Crippen molar-refractivity contribution in [2.24, 2.45) is 7.05 Å². The first-order valence-electron chi connectivity index (χ1n) is 8.13. The average Bonchev–Trinajstić information content (AvgIpc) is 2.98. The van der Waals surface area contributed by atoms with E-state index in [2.05, 4.69) is 66.2 Å². The Bertz CT molecular complexity index is 970. The second-order valence-electron chi connectivity index (χ2n) is 5.92. The minimum atomic E-state index is 0.571. The third-order valence-electron chi connectivity index (χ3n) is 4.35. The van der Waals surface area contributed by atoms with Gasteiger partial charge >= 0.3 is 0 Å². The molecule has 3 aromatic carbocycles. The highest BCUT2D eigenvalue weighted by Crippen LogP contribution is 2.33. The molecule has 1 aromatic heterocycles. The number of ether oxygens (including phenoxy) is 1. The molecule has 0 bridgehead atoms. The SMILES string of the molecule is Cn1c(-c2ccccc2OCc2ccccc2)cc2ccccc21. The number of benzene rings is 3. The molecule has 0 radical (unpaired) electrons. The van der Waals surface area contributed by atoms with Crippen LogP contribution in [-0.2, 0) is 13.7 Å². The highest BCUT2D eigenvalue weighted by molar-refractivity contribution is 5.88. The van der Waals surface area contributed by atoms with Crippen molar-refractivity contribution in [2.75, 3.05) is 0 Å². The largest absolute Gasteiger partial charge is 0.488 e. The summed E-state index contributed by atoms with van der Waals surface area (Å²) in [6.07, 6.45) is 0. The highest BCUT2D eigenvalue weighted by atomic mass is 16.5. The van der Waals surface area contributed by atoms with Crippen LogP contribution in [0.2, 0.25) is 0 Å². The molecule has 2 heteroatoms. The van der Waals surface area contributed by atoms with Gasteiger partial charge in [-0.2, -0.15) is 0 Å². The Kier molecular flexibility index (Phi) is 3.80. The lowest BCUT2D eigenvalue weighted by Crippen LogP contribution is -1.98. The van der Waals surface area contributed by atoms with Gasteiger partial charge in [0.05, 0.1) is 5.69 Å². The maximum atomic E-state index is 6.12. The Hall–Kier alpha value is -3.00. The van der Waals surface area contributed by atoms with Crippen molar-refractivity contribution in [1.29, 1.82) is 0 Å². The van der Waals surface area contributed by atoms with E-state index in [1.165, 1.54) is 22.2 Å². The highest BCUT2D eigenvalue weighted by Gasteiger charge is 2.12. The summed E-state index contributed by atoms with van der Waals surface area (Å²) in [6.45, 7) is 0.571. The van der Waals surface area contributed by atoms with E-state index in [0.29, 0.717) is 6.61 Å². The molecule has 4 rings (SSSR count). The summed E-state index contributed by atoms with van der Waals surface area (Å²) in [5.74, 6) is 0.909. The Labute approximate surface area is 141 Å². The van der Waals surface area contributed by atoms with Crippen molar-refractivity contribution in [2.45, 2.75) is 6.61 Å². The number of aromatic nitrogens is 1. The minimum absolute atomic E-state index is 0.571. The lowest BCUT2D eigenvalue weighted by atomic mass is 10.1. The van der Waals surface area contributed by atoms with Crippen LogP contribution in [0.5, 0.6) is 5.75 Å². The smallest absolute Gasteiger partial charge is 0.129 e. The zero-order chi connectivity index (χ0) is 16.4. The summed E-state index contributed by atoms with van der Waals surface area (Å²) in [6, 6.07) is 29.2. The van der Waals surface area contributed by atoms with Gasteiger partial charge in [-0.25, -0.2) is 0 Å². The van der Waals surface area contributed by atoms with Gasteiger partial charge in [0.1, 0.15) is 12.4 Å². The quantitative estimate of drug-likeness (QED) is 0.490. The third-order valence-corrected chi connectivity index (χ3v) is 4.35. The molecule has 0 atom stereocenters. The summed E-state index contributed by atoms with van der Waals surface area (Å²) < 4.78 is 8.34. The maximum absolute atomic E-state index is 6.12. The van der Waals surface area contributed by atoms with Gasteiger partial charge in [-0.05, 0) is 29.8 Å². The molecule has 2 nitrogen and oxygen atoms in total. The zero-order valence-electron chi connectivity index (χ0n) is 13.6. The Morgan fingerprint density at radius 1 is 0.792 bits per heavy atom. The molecule has 0 saturated heterocycles. The van der Waals surface area contributed by atoms with E-state index in [9.17, 15) is 0 Å². The second kappa shape index (κ2) is 6.25. The van der Waals surface area contributed by atoms with Crippen LogP contribution in [0.1, 0.15) is 5.56 Å². The van der Waals surface area contributed by atoms with E-state index >= 15 is 0 Å². The van der Waals surface area contributed by atoms with Crippen molar-refractivity contribution in [1.82, 2.24) is 4.57 Å². The van der Waals surface area contributed by atoms with Gasteiger partial charge in [-0.3, -0.25) is 0 Å². The van der Waals surface area contributed by atoms with Gasteiger partial charge in [-0.1, -0.05) is 60.7 Å². The predicted molar refractivity (Wildman–Crippen MR) is 99.1 cm³/mol. The summed E-state index contributed by atoms with van der Waals surface area (Å²) in [5, 5.41) is 1.24. The van der Waals surface area contributed by atoms with Crippen LogP contribution in [0.3, 0.4) is 0 Å². The molecule has 118 valence electrons. The van der Waals surface area contributed by atoms with Crippen LogP contribution < -0.4 is 4.74 Å². The summed E-state index contributed by atoms with van der Waals surface area (Å²) in [5.41, 5.74) is 4.68. The average molecular weight is 313 g/mol. The number of hydrogen-bond acceptors (Lipinski definition) is 1. The monoisotopic (exact) mass is 313 g/mol. The van der Waals surface area contributed by atoms with Gasteiger partial charge in [0.2, 0.25) is 0 Å². The molecule has 1 heterocycles. The topological polar surface area (TPSA) is 14.2 Å². The van der Waals surface area contributed by atoms with Crippen LogP contribution in [0.25, 0.3) is 22.2 Å². The van der Waals surface area contributed by atoms with Crippen molar-refractivity contribution >= 4 is 10.9 Å². The number of fused-ring (bicyclic) bond motifs is 1. The molecule has 24 heavy (non-hydrogen) atoms. The van der Waals surface area contributed by atoms with E-state index in [0.717, 1.165) is 11.3 Å². The van der Waals surface area contributed by atoms with Gasteiger partial charge in [-0.15, -0.1) is 0 Å². The molecule has 0 N–H and O–H groups in total. The fourth-order valence-electron chi connectivity index (χ4n) is 3.09. The first kappa shape index (κ1) is 14.6. The Morgan fingerprint density at radius 3 is 2.33 bits per heavy atom. The first-order chi connectivity index (χ1) is 11.8. The Morgan fingerprint density at radius 2 is 1.50 bits per heavy atom. The lowest BCUT2D eigenvalue weighted by molar-refractivity contribution is 0.307. The summed E-state index contributed by atoms with van der Waals surface area (Å²) >= 11 is 0. The molecule has 0 aliphatic rings. The Balaban J connectivity index is 1.71. The second-order valence-corrected chi connectivity index (χ2v) is 5.92. The number of nitrogens with zero attached hydrogens (tertiary/aromatic N) is 1. The normalized spacial score (nSPS) is 10.9. The first-order valence-corrected chi connectivity index (χ1v) is 8.13. The molecule has 0 aliphatic carbocycles. The maximum Gasteiger partial charge on any atom is 0.129 e. The molecule has 0 unspecified atom stereocenters. The van der Waals surface area contributed by atoms with E-state index < -0.39 is 0 Å².